The lowest BCUT2D eigenvalue weighted by Crippen LogP contribution is -2.51. The number of benzene rings is 1. The van der Waals surface area contributed by atoms with Crippen molar-refractivity contribution < 1.29 is 17.9 Å². The number of rotatable bonds is 5. The lowest BCUT2D eigenvalue weighted by molar-refractivity contribution is 0.0605. The van der Waals surface area contributed by atoms with Gasteiger partial charge >= 0.3 is 6.09 Å². The van der Waals surface area contributed by atoms with Crippen LogP contribution in [-0.4, -0.2) is 68.8 Å². The predicted octanol–water partition coefficient (Wildman–Crippen LogP) is 1.80. The number of nitrogens with zero attached hydrogens (tertiary/aromatic N) is 2. The summed E-state index contributed by atoms with van der Waals surface area (Å²) in [5, 5.41) is 0. The summed E-state index contributed by atoms with van der Waals surface area (Å²) >= 11 is 0. The van der Waals surface area contributed by atoms with Gasteiger partial charge in [-0.15, -0.1) is 0 Å². The van der Waals surface area contributed by atoms with E-state index in [9.17, 15) is 13.2 Å². The number of nitrogens with one attached hydrogen (secondary N) is 1. The van der Waals surface area contributed by atoms with Crippen LogP contribution in [0.1, 0.15) is 31.2 Å². The predicted molar refractivity (Wildman–Crippen MR) is 104 cm³/mol. The molecular weight excluding hydrogens is 366 g/mol. The molecule has 8 heteroatoms. The summed E-state index contributed by atoms with van der Waals surface area (Å²) in [6.07, 6.45) is 4.52. The average Bonchev–Trinajstić information content (AvgIpc) is 2.66. The number of carbonyl (C=O) groups excluding carboxylic acids is 1. The van der Waals surface area contributed by atoms with Crippen molar-refractivity contribution in [2.75, 3.05) is 32.4 Å². The molecule has 0 radical (unpaired) electrons. The SMILES string of the molecule is CS(=O)(=O)NC1CCN(C2CCN(C(=O)OCc3ccccc3)CC2)CC1. The summed E-state index contributed by atoms with van der Waals surface area (Å²) in [4.78, 5) is 16.5. The van der Waals surface area contributed by atoms with E-state index < -0.39 is 10.0 Å². The largest absolute Gasteiger partial charge is 0.445 e. The van der Waals surface area contributed by atoms with Gasteiger partial charge in [-0.05, 0) is 44.3 Å². The Morgan fingerprint density at radius 2 is 1.70 bits per heavy atom. The minimum absolute atomic E-state index is 0.0457. The third kappa shape index (κ3) is 6.19. The van der Waals surface area contributed by atoms with Crippen LogP contribution in [0.4, 0.5) is 4.79 Å². The second-order valence-corrected chi connectivity index (χ2v) is 9.24. The number of carbonyl (C=O) groups is 1. The Balaban J connectivity index is 1.38. The summed E-state index contributed by atoms with van der Waals surface area (Å²) in [6.45, 7) is 3.52. The average molecular weight is 396 g/mol. The maximum absolute atomic E-state index is 12.3. The van der Waals surface area contributed by atoms with Crippen LogP contribution in [0.2, 0.25) is 0 Å². The first-order valence-corrected chi connectivity index (χ1v) is 11.5. The van der Waals surface area contributed by atoms with E-state index in [1.165, 1.54) is 6.26 Å². The zero-order valence-electron chi connectivity index (χ0n) is 15.8. The van der Waals surface area contributed by atoms with Gasteiger partial charge in [0, 0.05) is 25.2 Å². The summed E-state index contributed by atoms with van der Waals surface area (Å²) in [7, 11) is -3.14. The van der Waals surface area contributed by atoms with Crippen LogP contribution in [0, 0.1) is 0 Å². The summed E-state index contributed by atoms with van der Waals surface area (Å²) < 4.78 is 30.8. The highest BCUT2D eigenvalue weighted by molar-refractivity contribution is 7.88. The maximum atomic E-state index is 12.3. The molecule has 2 aliphatic heterocycles. The number of ether oxygens (including phenoxy) is 1. The normalized spacial score (nSPS) is 20.6. The first-order valence-electron chi connectivity index (χ1n) is 9.58. The molecule has 0 atom stereocenters. The standard InChI is InChI=1S/C19H29N3O4S/c1-27(24,25)20-17-7-11-21(12-8-17)18-9-13-22(14-10-18)19(23)26-15-16-5-3-2-4-6-16/h2-6,17-18,20H,7-15H2,1H3. The molecule has 0 unspecified atom stereocenters. The highest BCUT2D eigenvalue weighted by atomic mass is 32.2. The van der Waals surface area contributed by atoms with Crippen LogP contribution in [0.5, 0.6) is 0 Å². The van der Waals surface area contributed by atoms with Crippen LogP contribution in [0.25, 0.3) is 0 Å². The molecule has 2 aliphatic rings. The molecule has 1 aromatic carbocycles. The fourth-order valence-electron chi connectivity index (χ4n) is 3.91. The summed E-state index contributed by atoms with van der Waals surface area (Å²) in [6, 6.07) is 10.2. The molecule has 2 saturated heterocycles. The van der Waals surface area contributed by atoms with E-state index in [0.29, 0.717) is 25.7 Å². The van der Waals surface area contributed by atoms with Gasteiger partial charge in [-0.2, -0.15) is 0 Å². The second-order valence-electron chi connectivity index (χ2n) is 7.46. The number of piperidine rings is 2. The van der Waals surface area contributed by atoms with Gasteiger partial charge in [0.15, 0.2) is 0 Å². The third-order valence-electron chi connectivity index (χ3n) is 5.35. The minimum atomic E-state index is -3.14. The molecule has 1 aromatic rings. The number of amides is 1. The third-order valence-corrected chi connectivity index (χ3v) is 6.12. The monoisotopic (exact) mass is 395 g/mol. The summed E-state index contributed by atoms with van der Waals surface area (Å²) in [5.41, 5.74) is 0.992. The molecule has 3 rings (SSSR count). The molecule has 0 aliphatic carbocycles. The van der Waals surface area contributed by atoms with E-state index in [0.717, 1.165) is 44.3 Å². The molecule has 7 nitrogen and oxygen atoms in total. The van der Waals surface area contributed by atoms with E-state index in [1.807, 2.05) is 30.3 Å². The van der Waals surface area contributed by atoms with Gasteiger partial charge in [-0.25, -0.2) is 17.9 Å². The quantitative estimate of drug-likeness (QED) is 0.822. The highest BCUT2D eigenvalue weighted by Crippen LogP contribution is 2.22. The zero-order valence-corrected chi connectivity index (χ0v) is 16.7. The molecule has 0 bridgehead atoms. The van der Waals surface area contributed by atoms with Gasteiger partial charge in [0.05, 0.1) is 6.26 Å². The number of sulfonamides is 1. The smallest absolute Gasteiger partial charge is 0.410 e. The molecule has 0 spiro atoms. The molecule has 2 heterocycles. The molecule has 1 N–H and O–H groups in total. The van der Waals surface area contributed by atoms with E-state index in [2.05, 4.69) is 9.62 Å². The van der Waals surface area contributed by atoms with Crippen LogP contribution in [0.3, 0.4) is 0 Å². The first kappa shape index (κ1) is 20.1. The van der Waals surface area contributed by atoms with Crippen molar-refractivity contribution in [1.82, 2.24) is 14.5 Å². The number of hydrogen-bond acceptors (Lipinski definition) is 5. The van der Waals surface area contributed by atoms with Crippen molar-refractivity contribution in [3.05, 3.63) is 35.9 Å². The fraction of sp³-hybridized carbons (Fsp3) is 0.632. The van der Waals surface area contributed by atoms with Crippen molar-refractivity contribution >= 4 is 16.1 Å². The first-order chi connectivity index (χ1) is 12.9. The Hall–Kier alpha value is -1.64. The van der Waals surface area contributed by atoms with Crippen LogP contribution >= 0.6 is 0 Å². The summed E-state index contributed by atoms with van der Waals surface area (Å²) in [5.74, 6) is 0. The van der Waals surface area contributed by atoms with E-state index >= 15 is 0 Å². The van der Waals surface area contributed by atoms with Crippen molar-refractivity contribution in [3.8, 4) is 0 Å². The van der Waals surface area contributed by atoms with Crippen LogP contribution in [0.15, 0.2) is 30.3 Å². The van der Waals surface area contributed by atoms with Crippen LogP contribution in [-0.2, 0) is 21.4 Å². The molecule has 150 valence electrons. The molecule has 0 saturated carbocycles. The number of hydrogen-bond donors (Lipinski definition) is 1. The van der Waals surface area contributed by atoms with Gasteiger partial charge < -0.3 is 14.5 Å². The van der Waals surface area contributed by atoms with Gasteiger partial charge in [0.2, 0.25) is 10.0 Å². The van der Waals surface area contributed by atoms with E-state index in [-0.39, 0.29) is 12.1 Å². The molecule has 1 amide bonds. The van der Waals surface area contributed by atoms with Crippen molar-refractivity contribution in [1.29, 1.82) is 0 Å². The Morgan fingerprint density at radius 3 is 2.30 bits per heavy atom. The minimum Gasteiger partial charge on any atom is -0.445 e. The lowest BCUT2D eigenvalue weighted by atomic mass is 9.98. The van der Waals surface area contributed by atoms with Crippen molar-refractivity contribution in [3.63, 3.8) is 0 Å². The Kier molecular flexibility index (Phi) is 6.73. The molecule has 2 fully saturated rings. The Bertz CT molecular complexity index is 710. The van der Waals surface area contributed by atoms with Crippen molar-refractivity contribution in [2.45, 2.75) is 44.4 Å². The fourth-order valence-corrected chi connectivity index (χ4v) is 4.75. The van der Waals surface area contributed by atoms with E-state index in [1.54, 1.807) is 4.90 Å². The lowest BCUT2D eigenvalue weighted by Gasteiger charge is -2.41. The van der Waals surface area contributed by atoms with Gasteiger partial charge in [0.25, 0.3) is 0 Å². The van der Waals surface area contributed by atoms with Gasteiger partial charge in [-0.1, -0.05) is 30.3 Å². The number of likely N-dealkylation sites (tertiary alicyclic amines) is 2. The topological polar surface area (TPSA) is 79.0 Å². The molecule has 27 heavy (non-hydrogen) atoms. The van der Waals surface area contributed by atoms with Gasteiger partial charge in [0.1, 0.15) is 6.61 Å². The maximum Gasteiger partial charge on any atom is 0.410 e. The second kappa shape index (κ2) is 9.03. The van der Waals surface area contributed by atoms with Crippen LogP contribution < -0.4 is 4.72 Å². The highest BCUT2D eigenvalue weighted by Gasteiger charge is 2.30. The van der Waals surface area contributed by atoms with Crippen molar-refractivity contribution in [2.24, 2.45) is 0 Å². The molecule has 0 aromatic heterocycles. The molecular formula is C19H29N3O4S. The zero-order chi connectivity index (χ0) is 19.3. The Morgan fingerprint density at radius 1 is 1.07 bits per heavy atom. The van der Waals surface area contributed by atoms with Gasteiger partial charge in [-0.3, -0.25) is 0 Å². The Labute approximate surface area is 161 Å². The van der Waals surface area contributed by atoms with E-state index in [4.69, 9.17) is 4.74 Å².